The summed E-state index contributed by atoms with van der Waals surface area (Å²) in [6, 6.07) is 16.9. The van der Waals surface area contributed by atoms with Crippen LogP contribution in [-0.4, -0.2) is 21.9 Å². The first kappa shape index (κ1) is 24.6. The number of nitrogens with one attached hydrogen (secondary N) is 2. The maximum Gasteiger partial charge on any atom is 0.262 e. The second-order valence-electron chi connectivity index (χ2n) is 8.36. The minimum Gasteiger partial charge on any atom is -0.506 e. The van der Waals surface area contributed by atoms with E-state index in [1.165, 1.54) is 42.5 Å². The van der Waals surface area contributed by atoms with E-state index in [0.29, 0.717) is 0 Å². The Bertz CT molecular complexity index is 1330. The molecule has 0 aliphatic rings. The van der Waals surface area contributed by atoms with Gasteiger partial charge in [-0.2, -0.15) is 0 Å². The molecule has 0 aromatic heterocycles. The van der Waals surface area contributed by atoms with Crippen molar-refractivity contribution >= 4 is 31.4 Å². The monoisotopic (exact) mass is 488 g/mol. The summed E-state index contributed by atoms with van der Waals surface area (Å²) in [7, 11) is -8.11. The van der Waals surface area contributed by atoms with Gasteiger partial charge in [0, 0.05) is 0 Å². The van der Waals surface area contributed by atoms with Gasteiger partial charge in [0.2, 0.25) is 0 Å². The summed E-state index contributed by atoms with van der Waals surface area (Å²) in [4.78, 5) is 0.0153. The third-order valence-corrected chi connectivity index (χ3v) is 7.98. The summed E-state index contributed by atoms with van der Waals surface area (Å²) < 4.78 is 56.4. The van der Waals surface area contributed by atoms with Crippen LogP contribution in [-0.2, 0) is 20.0 Å². The Morgan fingerprint density at radius 2 is 1.06 bits per heavy atom. The minimum atomic E-state index is -4.08. The maximum atomic E-state index is 12.9. The quantitative estimate of drug-likeness (QED) is 0.375. The largest absolute Gasteiger partial charge is 0.506 e. The zero-order valence-corrected chi connectivity index (χ0v) is 20.5. The lowest BCUT2D eigenvalue weighted by atomic mass is 10.0. The van der Waals surface area contributed by atoms with Crippen LogP contribution in [0.3, 0.4) is 0 Å². The third kappa shape index (κ3) is 5.66. The lowest BCUT2D eigenvalue weighted by molar-refractivity contribution is 0.478. The van der Waals surface area contributed by atoms with E-state index in [1.54, 1.807) is 24.3 Å². The van der Waals surface area contributed by atoms with Crippen molar-refractivity contribution in [1.29, 1.82) is 0 Å². The fraction of sp³-hybridized carbons (Fsp3) is 0.250. The van der Waals surface area contributed by atoms with Crippen molar-refractivity contribution in [2.75, 3.05) is 9.44 Å². The van der Waals surface area contributed by atoms with Crippen molar-refractivity contribution in [2.24, 2.45) is 0 Å². The van der Waals surface area contributed by atoms with E-state index in [4.69, 9.17) is 0 Å². The number of phenols is 1. The van der Waals surface area contributed by atoms with E-state index >= 15 is 0 Å². The van der Waals surface area contributed by atoms with E-state index in [2.05, 4.69) is 9.44 Å². The molecule has 3 aromatic carbocycles. The van der Waals surface area contributed by atoms with Crippen LogP contribution in [0.15, 0.2) is 76.5 Å². The highest BCUT2D eigenvalue weighted by Gasteiger charge is 2.22. The highest BCUT2D eigenvalue weighted by Crippen LogP contribution is 2.35. The van der Waals surface area contributed by atoms with E-state index < -0.39 is 25.8 Å². The molecule has 3 N–H and O–H groups in total. The Hall–Kier alpha value is -3.04. The van der Waals surface area contributed by atoms with E-state index in [-0.39, 0.29) is 33.0 Å². The van der Waals surface area contributed by atoms with Gasteiger partial charge in [0.15, 0.2) is 0 Å². The molecule has 0 radical (unpaired) electrons. The van der Waals surface area contributed by atoms with Crippen molar-refractivity contribution in [1.82, 2.24) is 0 Å². The highest BCUT2D eigenvalue weighted by molar-refractivity contribution is 7.93. The molecule has 0 heterocycles. The topological polar surface area (TPSA) is 113 Å². The zero-order valence-electron chi connectivity index (χ0n) is 18.9. The summed E-state index contributed by atoms with van der Waals surface area (Å²) in [6.45, 7) is 8.00. The van der Waals surface area contributed by atoms with Gasteiger partial charge in [-0.3, -0.25) is 9.44 Å². The molecule has 0 saturated carbocycles. The van der Waals surface area contributed by atoms with Crippen LogP contribution in [0.1, 0.15) is 50.7 Å². The first-order valence-electron chi connectivity index (χ1n) is 10.5. The van der Waals surface area contributed by atoms with E-state index in [1.807, 2.05) is 27.7 Å². The SMILES string of the molecule is CC(C)c1ccc(S(=O)(=O)Nc2cccc(O)c2NS(=O)(=O)c2ccc(C(C)C)cc2)cc1. The van der Waals surface area contributed by atoms with Crippen LogP contribution in [0.4, 0.5) is 11.4 Å². The fourth-order valence-electron chi connectivity index (χ4n) is 3.19. The summed E-state index contributed by atoms with van der Waals surface area (Å²) in [6.07, 6.45) is 0. The molecule has 0 amide bonds. The predicted octanol–water partition coefficient (Wildman–Crippen LogP) is 5.24. The molecule has 0 atom stereocenters. The van der Waals surface area contributed by atoms with Crippen molar-refractivity contribution in [2.45, 2.75) is 49.3 Å². The number of hydrogen-bond acceptors (Lipinski definition) is 5. The molecule has 176 valence electrons. The third-order valence-electron chi connectivity index (χ3n) is 5.24. The summed E-state index contributed by atoms with van der Waals surface area (Å²) in [5.41, 5.74) is 1.62. The van der Waals surface area contributed by atoms with Gasteiger partial charge in [-0.1, -0.05) is 58.0 Å². The number of sulfonamides is 2. The Kier molecular flexibility index (Phi) is 7.04. The van der Waals surface area contributed by atoms with Gasteiger partial charge >= 0.3 is 0 Å². The lowest BCUT2D eigenvalue weighted by Gasteiger charge is -2.16. The lowest BCUT2D eigenvalue weighted by Crippen LogP contribution is -2.18. The van der Waals surface area contributed by atoms with Gasteiger partial charge in [-0.25, -0.2) is 16.8 Å². The molecule has 0 fully saturated rings. The number of anilines is 2. The number of aromatic hydroxyl groups is 1. The van der Waals surface area contributed by atoms with Crippen molar-refractivity contribution < 1.29 is 21.9 Å². The predicted molar refractivity (Wildman–Crippen MR) is 131 cm³/mol. The Morgan fingerprint density at radius 3 is 1.48 bits per heavy atom. The molecule has 0 unspecified atom stereocenters. The van der Waals surface area contributed by atoms with Crippen molar-refractivity contribution in [3.8, 4) is 5.75 Å². The second-order valence-corrected chi connectivity index (χ2v) is 11.7. The first-order valence-corrected chi connectivity index (χ1v) is 13.4. The van der Waals surface area contributed by atoms with Crippen LogP contribution in [0, 0.1) is 0 Å². The number of rotatable bonds is 8. The fourth-order valence-corrected chi connectivity index (χ4v) is 5.36. The summed E-state index contributed by atoms with van der Waals surface area (Å²) >= 11 is 0. The molecule has 7 nitrogen and oxygen atoms in total. The maximum absolute atomic E-state index is 12.9. The second kappa shape index (κ2) is 9.44. The van der Waals surface area contributed by atoms with Crippen LogP contribution in [0.2, 0.25) is 0 Å². The highest BCUT2D eigenvalue weighted by atomic mass is 32.2. The number of hydrogen-bond donors (Lipinski definition) is 3. The molecule has 0 spiro atoms. The normalized spacial score (nSPS) is 12.2. The summed E-state index contributed by atoms with van der Waals surface area (Å²) in [5, 5.41) is 10.3. The smallest absolute Gasteiger partial charge is 0.262 e. The molecule has 9 heteroatoms. The van der Waals surface area contributed by atoms with Crippen molar-refractivity contribution in [3.63, 3.8) is 0 Å². The number of benzene rings is 3. The number of para-hydroxylation sites is 1. The Labute approximate surface area is 195 Å². The van der Waals surface area contributed by atoms with Gasteiger partial charge in [0.05, 0.1) is 15.5 Å². The molecule has 0 aliphatic heterocycles. The van der Waals surface area contributed by atoms with Gasteiger partial charge in [-0.05, 0) is 59.4 Å². The van der Waals surface area contributed by atoms with Gasteiger partial charge in [-0.15, -0.1) is 0 Å². The molecular weight excluding hydrogens is 460 g/mol. The molecule has 3 rings (SSSR count). The molecule has 0 bridgehead atoms. The van der Waals surface area contributed by atoms with Gasteiger partial charge in [0.1, 0.15) is 11.4 Å². The average molecular weight is 489 g/mol. The van der Waals surface area contributed by atoms with Crippen molar-refractivity contribution in [3.05, 3.63) is 77.9 Å². The zero-order chi connectivity index (χ0) is 24.4. The Morgan fingerprint density at radius 1 is 0.636 bits per heavy atom. The van der Waals surface area contributed by atoms with Crippen LogP contribution >= 0.6 is 0 Å². The molecule has 3 aromatic rings. The summed E-state index contributed by atoms with van der Waals surface area (Å²) in [5.74, 6) is 0.0765. The molecular formula is C24H28N2O5S2. The van der Waals surface area contributed by atoms with Crippen LogP contribution < -0.4 is 9.44 Å². The van der Waals surface area contributed by atoms with Gasteiger partial charge < -0.3 is 5.11 Å². The van der Waals surface area contributed by atoms with E-state index in [0.717, 1.165) is 11.1 Å². The first-order chi connectivity index (χ1) is 15.4. The van der Waals surface area contributed by atoms with Gasteiger partial charge in [0.25, 0.3) is 20.0 Å². The van der Waals surface area contributed by atoms with Crippen LogP contribution in [0.5, 0.6) is 5.75 Å². The van der Waals surface area contributed by atoms with E-state index in [9.17, 15) is 21.9 Å². The minimum absolute atomic E-state index is 0.00626. The average Bonchev–Trinajstić information content (AvgIpc) is 2.76. The standard InChI is InChI=1S/C24H28N2O5S2/c1-16(2)18-8-12-20(13-9-18)32(28,29)25-22-6-5-7-23(27)24(22)26-33(30,31)21-14-10-19(11-15-21)17(3)4/h5-17,25-27H,1-4H3. The molecule has 0 aliphatic carbocycles. The number of phenolic OH excluding ortho intramolecular Hbond substituents is 1. The Balaban J connectivity index is 1.92. The molecule has 0 saturated heterocycles. The van der Waals surface area contributed by atoms with Crippen LogP contribution in [0.25, 0.3) is 0 Å². The molecule has 33 heavy (non-hydrogen) atoms.